The molecular weight excluding hydrogens is 422 g/mol. The van der Waals surface area contributed by atoms with Gasteiger partial charge < -0.3 is 10.2 Å². The van der Waals surface area contributed by atoms with Gasteiger partial charge in [0.25, 0.3) is 17.5 Å². The number of anilines is 1. The van der Waals surface area contributed by atoms with E-state index in [0.717, 1.165) is 6.07 Å². The summed E-state index contributed by atoms with van der Waals surface area (Å²) in [5.41, 5.74) is 0.170. The minimum atomic E-state index is -0.755. The predicted octanol–water partition coefficient (Wildman–Crippen LogP) is 4.17. The fourth-order valence-corrected chi connectivity index (χ4v) is 3.26. The van der Waals surface area contributed by atoms with Crippen LogP contribution in [0.2, 0.25) is 5.02 Å². The summed E-state index contributed by atoms with van der Waals surface area (Å²) in [6, 6.07) is 12.7. The largest absolute Gasteiger partial charge is 0.339 e. The lowest BCUT2D eigenvalue weighted by atomic mass is 10.1. The van der Waals surface area contributed by atoms with Crippen molar-refractivity contribution < 1.29 is 14.5 Å². The van der Waals surface area contributed by atoms with E-state index in [4.69, 9.17) is 11.6 Å². The molecule has 0 radical (unpaired) electrons. The zero-order valence-electron chi connectivity index (χ0n) is 16.9. The molecule has 3 aromatic rings. The van der Waals surface area contributed by atoms with Crippen LogP contribution in [0.1, 0.15) is 34.6 Å². The van der Waals surface area contributed by atoms with E-state index >= 15 is 0 Å². The van der Waals surface area contributed by atoms with Gasteiger partial charge in [0.2, 0.25) is 0 Å². The highest BCUT2D eigenvalue weighted by Crippen LogP contribution is 2.27. The predicted molar refractivity (Wildman–Crippen MR) is 117 cm³/mol. The molecule has 3 rings (SSSR count). The van der Waals surface area contributed by atoms with Gasteiger partial charge in [-0.25, -0.2) is 4.68 Å². The molecule has 0 aliphatic rings. The van der Waals surface area contributed by atoms with Crippen LogP contribution in [-0.2, 0) is 0 Å². The zero-order valence-corrected chi connectivity index (χ0v) is 17.7. The van der Waals surface area contributed by atoms with Crippen molar-refractivity contribution in [1.29, 1.82) is 0 Å². The molecule has 2 amide bonds. The molecule has 0 bridgehead atoms. The Balaban J connectivity index is 2.09. The average molecular weight is 442 g/mol. The van der Waals surface area contributed by atoms with E-state index in [0.29, 0.717) is 18.8 Å². The Morgan fingerprint density at radius 2 is 1.81 bits per heavy atom. The molecule has 0 unspecified atom stereocenters. The van der Waals surface area contributed by atoms with Gasteiger partial charge in [0.1, 0.15) is 16.9 Å². The summed E-state index contributed by atoms with van der Waals surface area (Å²) in [4.78, 5) is 38.3. The van der Waals surface area contributed by atoms with Crippen LogP contribution in [0.15, 0.2) is 54.7 Å². The number of nitro benzene ring substituents is 1. The molecule has 0 saturated heterocycles. The molecule has 10 heteroatoms. The first-order valence-corrected chi connectivity index (χ1v) is 9.93. The van der Waals surface area contributed by atoms with Crippen LogP contribution in [0.3, 0.4) is 0 Å². The summed E-state index contributed by atoms with van der Waals surface area (Å²) in [6.07, 6.45) is 1.37. The number of para-hydroxylation sites is 1. The van der Waals surface area contributed by atoms with Crippen LogP contribution < -0.4 is 5.32 Å². The van der Waals surface area contributed by atoms with E-state index in [1.165, 1.54) is 23.0 Å². The van der Waals surface area contributed by atoms with Crippen molar-refractivity contribution in [3.8, 4) is 5.69 Å². The molecule has 1 heterocycles. The highest BCUT2D eigenvalue weighted by atomic mass is 35.5. The molecule has 1 aromatic heterocycles. The van der Waals surface area contributed by atoms with E-state index in [9.17, 15) is 19.7 Å². The van der Waals surface area contributed by atoms with Gasteiger partial charge >= 0.3 is 0 Å². The number of benzene rings is 2. The molecule has 0 saturated carbocycles. The lowest BCUT2D eigenvalue weighted by molar-refractivity contribution is -0.385. The average Bonchev–Trinajstić information content (AvgIpc) is 3.18. The molecule has 0 fully saturated rings. The monoisotopic (exact) mass is 441 g/mol. The summed E-state index contributed by atoms with van der Waals surface area (Å²) >= 11 is 5.85. The van der Waals surface area contributed by atoms with Gasteiger partial charge in [0.05, 0.1) is 16.8 Å². The number of aromatic nitrogens is 2. The fraction of sp³-hybridized carbons (Fsp3) is 0.190. The molecular formula is C21H20ClN5O4. The van der Waals surface area contributed by atoms with Gasteiger partial charge in [-0.2, -0.15) is 5.10 Å². The van der Waals surface area contributed by atoms with Gasteiger partial charge in [0, 0.05) is 24.2 Å². The van der Waals surface area contributed by atoms with Crippen LogP contribution in [-0.4, -0.2) is 44.5 Å². The number of hydrogen-bond acceptors (Lipinski definition) is 5. The number of hydrogen-bond donors (Lipinski definition) is 1. The van der Waals surface area contributed by atoms with Crippen molar-refractivity contribution >= 4 is 34.9 Å². The molecule has 0 aliphatic heterocycles. The van der Waals surface area contributed by atoms with E-state index in [1.807, 2.05) is 19.9 Å². The molecule has 9 nitrogen and oxygen atoms in total. The second kappa shape index (κ2) is 9.40. The van der Waals surface area contributed by atoms with Crippen LogP contribution in [0.5, 0.6) is 0 Å². The van der Waals surface area contributed by atoms with E-state index in [-0.39, 0.29) is 27.9 Å². The van der Waals surface area contributed by atoms with Gasteiger partial charge in [-0.1, -0.05) is 29.8 Å². The lowest BCUT2D eigenvalue weighted by Gasteiger charge is -2.19. The Labute approximate surface area is 183 Å². The maximum absolute atomic E-state index is 13.0. The van der Waals surface area contributed by atoms with Crippen molar-refractivity contribution in [1.82, 2.24) is 14.7 Å². The van der Waals surface area contributed by atoms with Crippen LogP contribution in [0, 0.1) is 10.1 Å². The molecule has 0 spiro atoms. The first-order valence-electron chi connectivity index (χ1n) is 9.55. The topological polar surface area (TPSA) is 110 Å². The van der Waals surface area contributed by atoms with Crippen molar-refractivity contribution in [2.75, 3.05) is 18.4 Å². The summed E-state index contributed by atoms with van der Waals surface area (Å²) in [6.45, 7) is 4.64. The molecule has 2 aromatic carbocycles. The molecule has 1 N–H and O–H groups in total. The van der Waals surface area contributed by atoms with E-state index in [1.54, 1.807) is 29.2 Å². The SMILES string of the molecule is CCN(CC)C(=O)c1cnn(-c2ccccc2)c1NC(=O)c1ccc(Cl)cc1[N+](=O)[O-]. The third kappa shape index (κ3) is 4.56. The zero-order chi connectivity index (χ0) is 22.5. The Hall–Kier alpha value is -3.72. The highest BCUT2D eigenvalue weighted by Gasteiger charge is 2.26. The standard InChI is InChI=1S/C21H20ClN5O4/c1-3-25(4-2)21(29)17-13-23-26(15-8-6-5-7-9-15)19(17)24-20(28)16-11-10-14(22)12-18(16)27(30)31/h5-13H,3-4H2,1-2H3,(H,24,28). The Morgan fingerprint density at radius 1 is 1.13 bits per heavy atom. The number of nitro groups is 1. The van der Waals surface area contributed by atoms with Crippen molar-refractivity contribution in [3.63, 3.8) is 0 Å². The van der Waals surface area contributed by atoms with Crippen LogP contribution in [0.4, 0.5) is 11.5 Å². The van der Waals surface area contributed by atoms with Gasteiger partial charge in [-0.3, -0.25) is 19.7 Å². The smallest absolute Gasteiger partial charge is 0.283 e. The minimum absolute atomic E-state index is 0.123. The fourth-order valence-electron chi connectivity index (χ4n) is 3.09. The van der Waals surface area contributed by atoms with Crippen molar-refractivity contribution in [2.24, 2.45) is 0 Å². The van der Waals surface area contributed by atoms with E-state index in [2.05, 4.69) is 10.4 Å². The van der Waals surface area contributed by atoms with E-state index < -0.39 is 16.5 Å². The van der Waals surface area contributed by atoms with Crippen LogP contribution in [0.25, 0.3) is 5.69 Å². The maximum Gasteiger partial charge on any atom is 0.283 e. The van der Waals surface area contributed by atoms with Crippen LogP contribution >= 0.6 is 11.6 Å². The summed E-state index contributed by atoms with van der Waals surface area (Å²) in [5.74, 6) is -0.944. The highest BCUT2D eigenvalue weighted by molar-refractivity contribution is 6.31. The number of amides is 2. The third-order valence-corrected chi connectivity index (χ3v) is 4.92. The quantitative estimate of drug-likeness (QED) is 0.437. The van der Waals surface area contributed by atoms with Gasteiger partial charge in [0.15, 0.2) is 0 Å². The number of halogens is 1. The minimum Gasteiger partial charge on any atom is -0.339 e. The molecule has 160 valence electrons. The number of nitrogens with zero attached hydrogens (tertiary/aromatic N) is 4. The van der Waals surface area contributed by atoms with Gasteiger partial charge in [-0.15, -0.1) is 0 Å². The number of nitrogens with one attached hydrogen (secondary N) is 1. The first-order chi connectivity index (χ1) is 14.9. The summed E-state index contributed by atoms with van der Waals surface area (Å²) < 4.78 is 1.41. The van der Waals surface area contributed by atoms with Crippen molar-refractivity contribution in [2.45, 2.75) is 13.8 Å². The van der Waals surface area contributed by atoms with Gasteiger partial charge in [-0.05, 0) is 38.1 Å². The molecule has 31 heavy (non-hydrogen) atoms. The second-order valence-electron chi connectivity index (χ2n) is 6.50. The Morgan fingerprint density at radius 3 is 2.42 bits per heavy atom. The number of carbonyl (C=O) groups excluding carboxylic acids is 2. The normalized spacial score (nSPS) is 10.5. The molecule has 0 atom stereocenters. The Bertz CT molecular complexity index is 1130. The second-order valence-corrected chi connectivity index (χ2v) is 6.94. The number of carbonyl (C=O) groups is 2. The summed E-state index contributed by atoms with van der Waals surface area (Å²) in [7, 11) is 0. The maximum atomic E-state index is 13.0. The first kappa shape index (κ1) is 22.0. The third-order valence-electron chi connectivity index (χ3n) is 4.68. The summed E-state index contributed by atoms with van der Waals surface area (Å²) in [5, 5.41) is 18.4. The molecule has 0 aliphatic carbocycles. The number of rotatable bonds is 7. The lowest BCUT2D eigenvalue weighted by Crippen LogP contribution is -2.31. The Kier molecular flexibility index (Phi) is 6.66. The van der Waals surface area contributed by atoms with Crippen molar-refractivity contribution in [3.05, 3.63) is 81.0 Å².